The van der Waals surface area contributed by atoms with Crippen molar-refractivity contribution in [2.24, 2.45) is 0 Å². The van der Waals surface area contributed by atoms with Gasteiger partial charge in [-0.05, 0) is 31.4 Å². The summed E-state index contributed by atoms with van der Waals surface area (Å²) < 4.78 is 2.01. The molecule has 0 unspecified atom stereocenters. The van der Waals surface area contributed by atoms with Crippen molar-refractivity contribution in [1.29, 1.82) is 0 Å². The lowest BCUT2D eigenvalue weighted by Crippen LogP contribution is -2.43. The van der Waals surface area contributed by atoms with Gasteiger partial charge in [-0.1, -0.05) is 6.07 Å². The number of aromatic nitrogens is 2. The van der Waals surface area contributed by atoms with Crippen LogP contribution in [0.15, 0.2) is 24.5 Å². The molecule has 118 valence electrons. The molecule has 2 aromatic rings. The Balaban J connectivity index is 1.55. The van der Waals surface area contributed by atoms with E-state index in [9.17, 15) is 4.79 Å². The Kier molecular flexibility index (Phi) is 4.29. The summed E-state index contributed by atoms with van der Waals surface area (Å²) in [6, 6.07) is 4.26. The molecule has 6 nitrogen and oxygen atoms in total. The second-order valence-corrected chi connectivity index (χ2v) is 5.78. The Bertz CT molecular complexity index is 663. The summed E-state index contributed by atoms with van der Waals surface area (Å²) in [6.07, 6.45) is 6.76. The molecular formula is C16H22N4O2. The minimum atomic E-state index is -0.0866. The fraction of sp³-hybridized carbons (Fsp3) is 0.500. The van der Waals surface area contributed by atoms with E-state index in [1.54, 1.807) is 4.90 Å². The van der Waals surface area contributed by atoms with Crippen LogP contribution < -0.4 is 5.32 Å². The van der Waals surface area contributed by atoms with Gasteiger partial charge in [-0.25, -0.2) is 9.78 Å². The number of aliphatic hydroxyl groups is 1. The number of nitrogens with one attached hydrogen (secondary N) is 1. The first kappa shape index (κ1) is 14.8. The predicted octanol–water partition coefficient (Wildman–Crippen LogP) is 1.35. The van der Waals surface area contributed by atoms with Crippen LogP contribution >= 0.6 is 0 Å². The Morgan fingerprint density at radius 2 is 2.36 bits per heavy atom. The van der Waals surface area contributed by atoms with E-state index in [0.717, 1.165) is 29.7 Å². The fourth-order valence-corrected chi connectivity index (χ4v) is 2.67. The summed E-state index contributed by atoms with van der Waals surface area (Å²) in [7, 11) is 0. The van der Waals surface area contributed by atoms with E-state index in [1.165, 1.54) is 0 Å². The summed E-state index contributed by atoms with van der Waals surface area (Å²) >= 11 is 0. The summed E-state index contributed by atoms with van der Waals surface area (Å²) in [5.41, 5.74) is 3.07. The molecule has 0 saturated heterocycles. The number of urea groups is 1. The minimum absolute atomic E-state index is 0.00956. The molecule has 2 N–H and O–H groups in total. The van der Waals surface area contributed by atoms with E-state index in [2.05, 4.69) is 10.3 Å². The van der Waals surface area contributed by atoms with Gasteiger partial charge < -0.3 is 19.7 Å². The highest BCUT2D eigenvalue weighted by molar-refractivity contribution is 5.74. The first-order chi connectivity index (χ1) is 10.7. The van der Waals surface area contributed by atoms with Crippen LogP contribution in [0.4, 0.5) is 4.79 Å². The largest absolute Gasteiger partial charge is 0.395 e. The molecule has 0 radical (unpaired) electrons. The van der Waals surface area contributed by atoms with Crippen molar-refractivity contribution in [1.82, 2.24) is 19.6 Å². The van der Waals surface area contributed by atoms with E-state index in [1.807, 2.05) is 35.9 Å². The number of aryl methyl sites for hydroxylation is 1. The van der Waals surface area contributed by atoms with Gasteiger partial charge in [-0.2, -0.15) is 0 Å². The standard InChI is InChI=1S/C16H22N4O2/c1-12-3-2-8-19-11-13(18-15(12)19)6-7-17-16(22)20(9-10-21)14-4-5-14/h2-3,8,11,14,21H,4-7,9-10H2,1H3,(H,17,22). The lowest BCUT2D eigenvalue weighted by molar-refractivity contribution is 0.174. The van der Waals surface area contributed by atoms with Gasteiger partial charge in [0.1, 0.15) is 5.65 Å². The number of amides is 2. The predicted molar refractivity (Wildman–Crippen MR) is 83.8 cm³/mol. The van der Waals surface area contributed by atoms with Gasteiger partial charge in [0.05, 0.1) is 12.3 Å². The van der Waals surface area contributed by atoms with Gasteiger partial charge >= 0.3 is 6.03 Å². The van der Waals surface area contributed by atoms with Crippen molar-refractivity contribution in [3.63, 3.8) is 0 Å². The van der Waals surface area contributed by atoms with Crippen molar-refractivity contribution in [3.05, 3.63) is 35.8 Å². The average molecular weight is 302 g/mol. The van der Waals surface area contributed by atoms with Crippen LogP contribution in [0.25, 0.3) is 5.65 Å². The zero-order chi connectivity index (χ0) is 15.5. The first-order valence-electron chi connectivity index (χ1n) is 7.77. The van der Waals surface area contributed by atoms with E-state index < -0.39 is 0 Å². The van der Waals surface area contributed by atoms with Gasteiger partial charge in [-0.15, -0.1) is 0 Å². The van der Waals surface area contributed by atoms with Crippen molar-refractivity contribution >= 4 is 11.7 Å². The SMILES string of the molecule is Cc1cccn2cc(CCNC(=O)N(CCO)C3CC3)nc12. The van der Waals surface area contributed by atoms with Crippen molar-refractivity contribution in [3.8, 4) is 0 Å². The number of fused-ring (bicyclic) bond motifs is 1. The van der Waals surface area contributed by atoms with E-state index in [0.29, 0.717) is 25.6 Å². The number of carbonyl (C=O) groups is 1. The Morgan fingerprint density at radius 3 is 3.05 bits per heavy atom. The molecule has 22 heavy (non-hydrogen) atoms. The molecule has 0 bridgehead atoms. The molecule has 1 saturated carbocycles. The molecule has 1 aliphatic carbocycles. The number of imidazole rings is 1. The zero-order valence-electron chi connectivity index (χ0n) is 12.8. The Hall–Kier alpha value is -2.08. The molecular weight excluding hydrogens is 280 g/mol. The number of pyridine rings is 1. The molecule has 2 amide bonds. The number of aliphatic hydroxyl groups excluding tert-OH is 1. The van der Waals surface area contributed by atoms with Gasteiger partial charge in [0.2, 0.25) is 0 Å². The summed E-state index contributed by atoms with van der Waals surface area (Å²) in [4.78, 5) is 18.4. The maximum absolute atomic E-state index is 12.1. The van der Waals surface area contributed by atoms with Crippen molar-refractivity contribution < 1.29 is 9.90 Å². The van der Waals surface area contributed by atoms with E-state index in [-0.39, 0.29) is 12.6 Å². The highest BCUT2D eigenvalue weighted by Gasteiger charge is 2.31. The fourth-order valence-electron chi connectivity index (χ4n) is 2.67. The van der Waals surface area contributed by atoms with Gasteiger partial charge in [0.15, 0.2) is 0 Å². The summed E-state index contributed by atoms with van der Waals surface area (Å²) in [5, 5.41) is 12.0. The van der Waals surface area contributed by atoms with Crippen LogP contribution in [0.5, 0.6) is 0 Å². The first-order valence-corrected chi connectivity index (χ1v) is 7.77. The third-order valence-electron chi connectivity index (χ3n) is 3.97. The molecule has 0 spiro atoms. The quantitative estimate of drug-likeness (QED) is 0.846. The number of rotatable bonds is 6. The smallest absolute Gasteiger partial charge is 0.317 e. The number of hydrogen-bond acceptors (Lipinski definition) is 3. The summed E-state index contributed by atoms with van der Waals surface area (Å²) in [6.45, 7) is 3.01. The highest BCUT2D eigenvalue weighted by Crippen LogP contribution is 2.26. The van der Waals surface area contributed by atoms with Crippen molar-refractivity contribution in [2.75, 3.05) is 19.7 Å². The maximum Gasteiger partial charge on any atom is 0.317 e. The van der Waals surface area contributed by atoms with Crippen LogP contribution in [0.2, 0.25) is 0 Å². The third-order valence-corrected chi connectivity index (χ3v) is 3.97. The van der Waals surface area contributed by atoms with Crippen LogP contribution in [0.1, 0.15) is 24.1 Å². The number of hydrogen-bond donors (Lipinski definition) is 2. The Morgan fingerprint density at radius 1 is 1.55 bits per heavy atom. The molecule has 2 aromatic heterocycles. The minimum Gasteiger partial charge on any atom is -0.395 e. The van der Waals surface area contributed by atoms with E-state index >= 15 is 0 Å². The molecule has 1 aliphatic rings. The maximum atomic E-state index is 12.1. The van der Waals surface area contributed by atoms with Crippen LogP contribution in [0, 0.1) is 6.92 Å². The second kappa shape index (κ2) is 6.36. The van der Waals surface area contributed by atoms with Gasteiger partial charge in [0.25, 0.3) is 0 Å². The third kappa shape index (κ3) is 3.22. The molecule has 3 rings (SSSR count). The molecule has 6 heteroatoms. The normalized spacial score (nSPS) is 14.3. The molecule has 2 heterocycles. The topological polar surface area (TPSA) is 69.9 Å². The number of nitrogens with zero attached hydrogens (tertiary/aromatic N) is 3. The number of carbonyl (C=O) groups excluding carboxylic acids is 1. The van der Waals surface area contributed by atoms with Crippen LogP contribution in [-0.4, -0.2) is 51.2 Å². The molecule has 0 atom stereocenters. The highest BCUT2D eigenvalue weighted by atomic mass is 16.3. The molecule has 0 aliphatic heterocycles. The second-order valence-electron chi connectivity index (χ2n) is 5.78. The zero-order valence-corrected chi connectivity index (χ0v) is 12.8. The Labute approximate surface area is 129 Å². The van der Waals surface area contributed by atoms with Gasteiger partial charge in [0, 0.05) is 37.9 Å². The van der Waals surface area contributed by atoms with Crippen LogP contribution in [0.3, 0.4) is 0 Å². The molecule has 1 fully saturated rings. The van der Waals surface area contributed by atoms with Crippen molar-refractivity contribution in [2.45, 2.75) is 32.2 Å². The van der Waals surface area contributed by atoms with E-state index in [4.69, 9.17) is 5.11 Å². The van der Waals surface area contributed by atoms with Crippen LogP contribution in [-0.2, 0) is 6.42 Å². The monoisotopic (exact) mass is 302 g/mol. The lowest BCUT2D eigenvalue weighted by atomic mass is 10.3. The van der Waals surface area contributed by atoms with Gasteiger partial charge in [-0.3, -0.25) is 0 Å². The summed E-state index contributed by atoms with van der Waals surface area (Å²) in [5.74, 6) is 0. The molecule has 0 aromatic carbocycles. The average Bonchev–Trinajstić information content (AvgIpc) is 3.24. The lowest BCUT2D eigenvalue weighted by Gasteiger charge is -2.21.